The third-order valence-electron chi connectivity index (χ3n) is 5.75. The standard InChI is InChI=1S/C27H17F3N4O5S/c28-27(29,30)17-7-9-18(10-8-17)34-25(36)23(22(33-34)16-11-12-40-14-16)32-31-21-6-2-5-20(24(21)35)15-3-1-4-19(13-15)39-26(37)38/h1-14,33,35H,(H,37,38). The number of aromatic nitrogens is 2. The molecule has 0 aliphatic rings. The van der Waals surface area contributed by atoms with Gasteiger partial charge in [0.15, 0.2) is 11.4 Å². The molecule has 0 unspecified atom stereocenters. The number of hydrogen-bond donors (Lipinski definition) is 3. The predicted molar refractivity (Wildman–Crippen MR) is 141 cm³/mol. The SMILES string of the molecule is O=C(O)Oc1cccc(-c2cccc(N=Nc3c(-c4ccsc4)[nH]n(-c4ccc(C(F)(F)F)cc4)c3=O)c2O)c1. The van der Waals surface area contributed by atoms with E-state index in [-0.39, 0.29) is 34.3 Å². The highest BCUT2D eigenvalue weighted by molar-refractivity contribution is 7.08. The van der Waals surface area contributed by atoms with E-state index < -0.39 is 23.5 Å². The molecule has 0 aliphatic heterocycles. The van der Waals surface area contributed by atoms with Crippen LogP contribution >= 0.6 is 11.3 Å². The number of nitrogens with zero attached hydrogens (tertiary/aromatic N) is 3. The molecule has 2 heterocycles. The Morgan fingerprint density at radius 3 is 2.40 bits per heavy atom. The van der Waals surface area contributed by atoms with Crippen molar-refractivity contribution in [3.63, 3.8) is 0 Å². The monoisotopic (exact) mass is 566 g/mol. The first-order chi connectivity index (χ1) is 19.1. The number of halogens is 3. The smallest absolute Gasteiger partial charge is 0.505 e. The number of ether oxygens (including phenoxy) is 1. The minimum atomic E-state index is -4.53. The maximum Gasteiger partial charge on any atom is 0.511 e. The van der Waals surface area contributed by atoms with Crippen molar-refractivity contribution in [2.45, 2.75) is 6.18 Å². The van der Waals surface area contributed by atoms with E-state index in [1.54, 1.807) is 41.1 Å². The highest BCUT2D eigenvalue weighted by Crippen LogP contribution is 2.39. The summed E-state index contributed by atoms with van der Waals surface area (Å²) >= 11 is 1.36. The molecule has 40 heavy (non-hydrogen) atoms. The van der Waals surface area contributed by atoms with Gasteiger partial charge in [0.25, 0.3) is 5.56 Å². The van der Waals surface area contributed by atoms with E-state index in [9.17, 15) is 27.9 Å². The number of azo groups is 1. The fourth-order valence-electron chi connectivity index (χ4n) is 3.89. The molecular weight excluding hydrogens is 549 g/mol. The van der Waals surface area contributed by atoms with Gasteiger partial charge in [-0.15, -0.1) is 10.2 Å². The average Bonchev–Trinajstić information content (AvgIpc) is 3.56. The summed E-state index contributed by atoms with van der Waals surface area (Å²) in [6.07, 6.45) is -6.01. The van der Waals surface area contributed by atoms with Crippen molar-refractivity contribution in [1.82, 2.24) is 9.78 Å². The van der Waals surface area contributed by atoms with Gasteiger partial charge in [-0.05, 0) is 59.5 Å². The molecular formula is C27H17F3N4O5S. The molecule has 0 saturated carbocycles. The Hall–Kier alpha value is -5.17. The number of H-pyrrole nitrogens is 1. The molecule has 3 aromatic carbocycles. The first-order valence-corrected chi connectivity index (χ1v) is 12.4. The summed E-state index contributed by atoms with van der Waals surface area (Å²) in [5, 5.41) is 34.4. The van der Waals surface area contributed by atoms with Crippen LogP contribution < -0.4 is 10.3 Å². The summed E-state index contributed by atoms with van der Waals surface area (Å²) < 4.78 is 44.7. The Morgan fingerprint density at radius 2 is 1.73 bits per heavy atom. The lowest BCUT2D eigenvalue weighted by Crippen LogP contribution is -2.14. The number of aromatic amines is 1. The second kappa shape index (κ2) is 10.5. The summed E-state index contributed by atoms with van der Waals surface area (Å²) in [5.74, 6) is -0.234. The highest BCUT2D eigenvalue weighted by atomic mass is 32.1. The van der Waals surface area contributed by atoms with Crippen molar-refractivity contribution in [3.8, 4) is 39.6 Å². The Labute approximate surface area is 227 Å². The summed E-state index contributed by atoms with van der Waals surface area (Å²) in [4.78, 5) is 24.2. The molecule has 0 radical (unpaired) electrons. The highest BCUT2D eigenvalue weighted by Gasteiger charge is 2.30. The fourth-order valence-corrected chi connectivity index (χ4v) is 4.53. The van der Waals surface area contributed by atoms with Gasteiger partial charge in [-0.2, -0.15) is 24.5 Å². The zero-order valence-electron chi connectivity index (χ0n) is 20.1. The molecule has 202 valence electrons. The normalized spacial score (nSPS) is 11.7. The molecule has 5 rings (SSSR count). The second-order valence-corrected chi connectivity index (χ2v) is 9.08. The van der Waals surface area contributed by atoms with Crippen LogP contribution in [-0.4, -0.2) is 26.1 Å². The van der Waals surface area contributed by atoms with Crippen molar-refractivity contribution >= 4 is 28.9 Å². The van der Waals surface area contributed by atoms with Gasteiger partial charge in [0.05, 0.1) is 16.9 Å². The van der Waals surface area contributed by atoms with Crippen LogP contribution in [0.15, 0.2) is 98.6 Å². The molecule has 0 atom stereocenters. The van der Waals surface area contributed by atoms with Gasteiger partial charge >= 0.3 is 12.3 Å². The van der Waals surface area contributed by atoms with Crippen LogP contribution in [0, 0.1) is 0 Å². The number of para-hydroxylation sites is 1. The van der Waals surface area contributed by atoms with Crippen molar-refractivity contribution in [1.29, 1.82) is 0 Å². The fraction of sp³-hybridized carbons (Fsp3) is 0.0370. The largest absolute Gasteiger partial charge is 0.511 e. The maximum absolute atomic E-state index is 13.3. The number of phenols is 1. The van der Waals surface area contributed by atoms with Gasteiger partial charge in [-0.25, -0.2) is 9.48 Å². The number of aromatic hydroxyl groups is 1. The number of hydrogen-bond acceptors (Lipinski definition) is 7. The molecule has 0 fully saturated rings. The Morgan fingerprint density at radius 1 is 0.975 bits per heavy atom. The van der Waals surface area contributed by atoms with E-state index in [4.69, 9.17) is 5.11 Å². The van der Waals surface area contributed by atoms with Gasteiger partial charge < -0.3 is 14.9 Å². The second-order valence-electron chi connectivity index (χ2n) is 8.30. The molecule has 0 spiro atoms. The predicted octanol–water partition coefficient (Wildman–Crippen LogP) is 7.76. The Bertz CT molecular complexity index is 1780. The van der Waals surface area contributed by atoms with Crippen molar-refractivity contribution in [3.05, 3.63) is 99.5 Å². The third kappa shape index (κ3) is 5.35. The third-order valence-corrected chi connectivity index (χ3v) is 6.43. The number of thiophene rings is 1. The number of nitrogens with one attached hydrogen (secondary N) is 1. The number of carbonyl (C=O) groups is 1. The first-order valence-electron chi connectivity index (χ1n) is 11.4. The molecule has 0 saturated heterocycles. The lowest BCUT2D eigenvalue weighted by Gasteiger charge is -2.08. The first kappa shape index (κ1) is 26.4. The zero-order chi connectivity index (χ0) is 28.4. The van der Waals surface area contributed by atoms with Crippen LogP contribution in [0.25, 0.3) is 28.1 Å². The van der Waals surface area contributed by atoms with E-state index >= 15 is 0 Å². The summed E-state index contributed by atoms with van der Waals surface area (Å²) in [6, 6.07) is 16.5. The van der Waals surface area contributed by atoms with Gasteiger partial charge in [0.2, 0.25) is 0 Å². The Balaban J connectivity index is 1.54. The van der Waals surface area contributed by atoms with Crippen LogP contribution in [0.1, 0.15) is 5.56 Å². The van der Waals surface area contributed by atoms with Crippen LogP contribution in [0.5, 0.6) is 11.5 Å². The number of benzene rings is 3. The Kier molecular flexibility index (Phi) is 6.96. The zero-order valence-corrected chi connectivity index (χ0v) is 20.9. The van der Waals surface area contributed by atoms with E-state index in [1.165, 1.54) is 29.5 Å². The molecule has 0 amide bonds. The van der Waals surface area contributed by atoms with E-state index in [0.717, 1.165) is 28.9 Å². The van der Waals surface area contributed by atoms with Crippen molar-refractivity contribution < 1.29 is 32.9 Å². The minimum absolute atomic E-state index is 0.0139. The molecule has 0 aliphatic carbocycles. The van der Waals surface area contributed by atoms with E-state index in [2.05, 4.69) is 20.1 Å². The lowest BCUT2D eigenvalue weighted by atomic mass is 10.0. The lowest BCUT2D eigenvalue weighted by molar-refractivity contribution is -0.137. The molecule has 13 heteroatoms. The van der Waals surface area contributed by atoms with Crippen LogP contribution in [0.4, 0.5) is 29.3 Å². The van der Waals surface area contributed by atoms with Crippen LogP contribution in [-0.2, 0) is 6.18 Å². The number of phenolic OH excluding ortho intramolecular Hbond substituents is 1. The molecule has 3 N–H and O–H groups in total. The number of carboxylic acid groups (broad SMARTS) is 1. The maximum atomic E-state index is 13.3. The summed E-state index contributed by atoms with van der Waals surface area (Å²) in [6.45, 7) is 0. The van der Waals surface area contributed by atoms with Gasteiger partial charge in [0, 0.05) is 16.5 Å². The van der Waals surface area contributed by atoms with Crippen molar-refractivity contribution in [2.24, 2.45) is 10.2 Å². The minimum Gasteiger partial charge on any atom is -0.505 e. The topological polar surface area (TPSA) is 129 Å². The van der Waals surface area contributed by atoms with Crippen LogP contribution in [0.2, 0.25) is 0 Å². The van der Waals surface area contributed by atoms with E-state index in [1.807, 2.05) is 0 Å². The van der Waals surface area contributed by atoms with E-state index in [0.29, 0.717) is 16.7 Å². The number of rotatable bonds is 6. The molecule has 2 aromatic heterocycles. The van der Waals surface area contributed by atoms with Crippen molar-refractivity contribution in [2.75, 3.05) is 0 Å². The number of alkyl halides is 3. The average molecular weight is 567 g/mol. The van der Waals surface area contributed by atoms with Gasteiger partial charge in [0.1, 0.15) is 11.4 Å². The summed E-state index contributed by atoms with van der Waals surface area (Å²) in [7, 11) is 0. The van der Waals surface area contributed by atoms with Crippen LogP contribution in [0.3, 0.4) is 0 Å². The van der Waals surface area contributed by atoms with Gasteiger partial charge in [-0.1, -0.05) is 24.3 Å². The molecule has 9 nitrogen and oxygen atoms in total. The quantitative estimate of drug-likeness (QED) is 0.110. The van der Waals surface area contributed by atoms with Gasteiger partial charge in [-0.3, -0.25) is 9.89 Å². The molecule has 0 bridgehead atoms. The summed E-state index contributed by atoms with van der Waals surface area (Å²) in [5.41, 5.74) is 0.159. The molecule has 5 aromatic rings.